The highest BCUT2D eigenvalue weighted by Gasteiger charge is 2.17. The third-order valence-corrected chi connectivity index (χ3v) is 8.32. The number of rotatable bonds is 5. The Labute approximate surface area is 262 Å². The highest BCUT2D eigenvalue weighted by Crippen LogP contribution is 2.38. The molecule has 208 valence electrons. The Hall–Kier alpha value is -5.39. The minimum absolute atomic E-state index is 0.672. The Bertz CT molecular complexity index is 2280. The monoisotopic (exact) mass is 629 g/mol. The van der Waals surface area contributed by atoms with Crippen LogP contribution in [0.2, 0.25) is 0 Å². The fourth-order valence-corrected chi connectivity index (χ4v) is 6.23. The van der Waals surface area contributed by atoms with Gasteiger partial charge >= 0.3 is 0 Å². The van der Waals surface area contributed by atoms with Crippen molar-refractivity contribution in [2.24, 2.45) is 0 Å². The molecule has 0 saturated heterocycles. The number of halogens is 1. The lowest BCUT2D eigenvalue weighted by Crippen LogP contribution is -1.96. The molecule has 0 aliphatic rings. The van der Waals surface area contributed by atoms with Crippen molar-refractivity contribution in [2.45, 2.75) is 0 Å². The van der Waals surface area contributed by atoms with Crippen LogP contribution in [0.1, 0.15) is 0 Å². The highest BCUT2D eigenvalue weighted by molar-refractivity contribution is 9.10. The van der Waals surface area contributed by atoms with Gasteiger partial charge in [0.1, 0.15) is 11.2 Å². The lowest BCUT2D eigenvalue weighted by molar-refractivity contribution is 0.669. The van der Waals surface area contributed by atoms with Crippen LogP contribution in [0, 0.1) is 0 Å². The third kappa shape index (κ3) is 4.87. The summed E-state index contributed by atoms with van der Waals surface area (Å²) in [5.74, 6) is 0.672. The molecular formula is C39H24BrN3O. The van der Waals surface area contributed by atoms with E-state index >= 15 is 0 Å². The van der Waals surface area contributed by atoms with Crippen molar-refractivity contribution in [2.75, 3.05) is 0 Å². The van der Waals surface area contributed by atoms with E-state index in [2.05, 4.69) is 81.6 Å². The van der Waals surface area contributed by atoms with Crippen molar-refractivity contribution in [3.63, 3.8) is 0 Å². The lowest BCUT2D eigenvalue weighted by Gasteiger charge is -2.12. The predicted molar refractivity (Wildman–Crippen MR) is 182 cm³/mol. The average molecular weight is 631 g/mol. The maximum atomic E-state index is 6.21. The van der Waals surface area contributed by atoms with Crippen LogP contribution in [0.5, 0.6) is 0 Å². The third-order valence-electron chi connectivity index (χ3n) is 7.86. The van der Waals surface area contributed by atoms with Gasteiger partial charge in [0, 0.05) is 44.3 Å². The minimum atomic E-state index is 0.672. The zero-order valence-electron chi connectivity index (χ0n) is 23.5. The first-order chi connectivity index (χ1) is 21.7. The summed E-state index contributed by atoms with van der Waals surface area (Å²) in [5.41, 5.74) is 10.9. The van der Waals surface area contributed by atoms with Crippen molar-refractivity contribution in [1.29, 1.82) is 0 Å². The standard InChI is InChI=1S/C39H24BrN3O/c40-31-22-29(26-15-13-25(14-16-26)27-17-19-41-20-18-27)21-30(23-31)34-24-35(43-39(42-34)28-7-2-1-3-8-28)32-10-6-12-37-38(32)33-9-4-5-11-36(33)44-37/h1-24H. The number of hydrogen-bond acceptors (Lipinski definition) is 4. The van der Waals surface area contributed by atoms with E-state index in [1.807, 2.05) is 85.2 Å². The summed E-state index contributed by atoms with van der Waals surface area (Å²) in [6.45, 7) is 0. The van der Waals surface area contributed by atoms with Gasteiger partial charge in [-0.1, -0.05) is 101 Å². The van der Waals surface area contributed by atoms with E-state index in [-0.39, 0.29) is 0 Å². The number of para-hydroxylation sites is 1. The van der Waals surface area contributed by atoms with Gasteiger partial charge in [-0.25, -0.2) is 9.97 Å². The number of fused-ring (bicyclic) bond motifs is 3. The summed E-state index contributed by atoms with van der Waals surface area (Å²) < 4.78 is 7.19. The molecule has 0 bridgehead atoms. The molecule has 5 aromatic carbocycles. The Morgan fingerprint density at radius 3 is 1.95 bits per heavy atom. The van der Waals surface area contributed by atoms with Crippen LogP contribution < -0.4 is 0 Å². The Kier molecular flexibility index (Phi) is 6.58. The van der Waals surface area contributed by atoms with Crippen molar-refractivity contribution < 1.29 is 4.42 Å². The van der Waals surface area contributed by atoms with E-state index in [9.17, 15) is 0 Å². The maximum absolute atomic E-state index is 6.21. The van der Waals surface area contributed by atoms with Crippen LogP contribution in [-0.2, 0) is 0 Å². The zero-order chi connectivity index (χ0) is 29.5. The molecule has 0 aliphatic carbocycles. The second-order valence-electron chi connectivity index (χ2n) is 10.6. The SMILES string of the molecule is Brc1cc(-c2ccc(-c3ccncc3)cc2)cc(-c2cc(-c3cccc4oc5ccccc5c34)nc(-c3ccccc3)n2)c1. The van der Waals surface area contributed by atoms with Crippen LogP contribution in [0.4, 0.5) is 0 Å². The van der Waals surface area contributed by atoms with Crippen molar-refractivity contribution >= 4 is 37.9 Å². The molecule has 0 amide bonds. The summed E-state index contributed by atoms with van der Waals surface area (Å²) in [6.07, 6.45) is 3.64. The average Bonchev–Trinajstić information content (AvgIpc) is 3.48. The van der Waals surface area contributed by atoms with Gasteiger partial charge in [-0.2, -0.15) is 0 Å². The van der Waals surface area contributed by atoms with Gasteiger partial charge in [0.25, 0.3) is 0 Å². The summed E-state index contributed by atoms with van der Waals surface area (Å²) in [6, 6.07) is 45.6. The smallest absolute Gasteiger partial charge is 0.160 e. The molecule has 4 nitrogen and oxygen atoms in total. The number of furan rings is 1. The first-order valence-electron chi connectivity index (χ1n) is 14.4. The number of aromatic nitrogens is 3. The summed E-state index contributed by atoms with van der Waals surface area (Å²) in [5, 5.41) is 2.12. The van der Waals surface area contributed by atoms with Crippen molar-refractivity contribution in [1.82, 2.24) is 15.0 Å². The van der Waals surface area contributed by atoms with E-state index in [1.54, 1.807) is 0 Å². The number of benzene rings is 5. The van der Waals surface area contributed by atoms with Crippen LogP contribution in [0.15, 0.2) is 155 Å². The van der Waals surface area contributed by atoms with Gasteiger partial charge in [0.15, 0.2) is 5.82 Å². The fourth-order valence-electron chi connectivity index (χ4n) is 5.74. The molecule has 0 fully saturated rings. The predicted octanol–water partition coefficient (Wildman–Crippen LogP) is 10.9. The highest BCUT2D eigenvalue weighted by atomic mass is 79.9. The van der Waals surface area contributed by atoms with Gasteiger partial charge in [0.2, 0.25) is 0 Å². The molecule has 3 aromatic heterocycles. The molecule has 0 radical (unpaired) electrons. The number of hydrogen-bond donors (Lipinski definition) is 0. The Morgan fingerprint density at radius 1 is 0.477 bits per heavy atom. The van der Waals surface area contributed by atoms with Crippen molar-refractivity contribution in [3.05, 3.63) is 150 Å². The molecule has 3 heterocycles. The van der Waals surface area contributed by atoms with Gasteiger partial charge in [-0.15, -0.1) is 0 Å². The molecular weight excluding hydrogens is 606 g/mol. The first-order valence-corrected chi connectivity index (χ1v) is 15.2. The minimum Gasteiger partial charge on any atom is -0.456 e. The molecule has 8 rings (SSSR count). The van der Waals surface area contributed by atoms with E-state index in [4.69, 9.17) is 14.4 Å². The molecule has 0 spiro atoms. The van der Waals surface area contributed by atoms with E-state index in [1.165, 1.54) is 0 Å². The second-order valence-corrected chi connectivity index (χ2v) is 11.6. The van der Waals surface area contributed by atoms with Crippen molar-refractivity contribution in [3.8, 4) is 56.2 Å². The van der Waals surface area contributed by atoms with Gasteiger partial charge in [-0.05, 0) is 70.8 Å². The molecule has 0 aliphatic heterocycles. The molecule has 0 N–H and O–H groups in total. The first kappa shape index (κ1) is 26.3. The topological polar surface area (TPSA) is 51.8 Å². The molecule has 0 unspecified atom stereocenters. The van der Waals surface area contributed by atoms with E-state index in [0.29, 0.717) is 5.82 Å². The van der Waals surface area contributed by atoms with Crippen LogP contribution >= 0.6 is 15.9 Å². The quantitative estimate of drug-likeness (QED) is 0.190. The van der Waals surface area contributed by atoms with Gasteiger partial charge in [0.05, 0.1) is 11.4 Å². The van der Waals surface area contributed by atoms with Crippen LogP contribution in [0.25, 0.3) is 78.1 Å². The molecule has 5 heteroatoms. The molecule has 8 aromatic rings. The second kappa shape index (κ2) is 11.0. The fraction of sp³-hybridized carbons (Fsp3) is 0. The molecule has 0 atom stereocenters. The lowest BCUT2D eigenvalue weighted by atomic mass is 9.98. The van der Waals surface area contributed by atoms with Crippen LogP contribution in [0.3, 0.4) is 0 Å². The van der Waals surface area contributed by atoms with E-state index < -0.39 is 0 Å². The maximum Gasteiger partial charge on any atom is 0.160 e. The molecule has 44 heavy (non-hydrogen) atoms. The summed E-state index contributed by atoms with van der Waals surface area (Å²) in [7, 11) is 0. The number of pyridine rings is 1. The molecule has 0 saturated carbocycles. The normalized spacial score (nSPS) is 11.3. The zero-order valence-corrected chi connectivity index (χ0v) is 25.1. The van der Waals surface area contributed by atoms with Gasteiger partial charge < -0.3 is 4.42 Å². The van der Waals surface area contributed by atoms with Gasteiger partial charge in [-0.3, -0.25) is 4.98 Å². The van der Waals surface area contributed by atoms with E-state index in [0.717, 1.165) is 76.7 Å². The van der Waals surface area contributed by atoms with Crippen LogP contribution in [-0.4, -0.2) is 15.0 Å². The Balaban J connectivity index is 1.29. The largest absolute Gasteiger partial charge is 0.456 e. The summed E-state index contributed by atoms with van der Waals surface area (Å²) in [4.78, 5) is 14.3. The number of nitrogens with zero attached hydrogens (tertiary/aromatic N) is 3. The Morgan fingerprint density at radius 2 is 1.14 bits per heavy atom. The summed E-state index contributed by atoms with van der Waals surface area (Å²) >= 11 is 3.78.